The van der Waals surface area contributed by atoms with Crippen molar-refractivity contribution < 1.29 is 4.79 Å². The third-order valence-electron chi connectivity index (χ3n) is 2.33. The molecule has 0 radical (unpaired) electrons. The van der Waals surface area contributed by atoms with Crippen molar-refractivity contribution >= 4 is 16.8 Å². The lowest BCUT2D eigenvalue weighted by Gasteiger charge is -2.00. The monoisotopic (exact) mass is 188 g/mol. The minimum absolute atomic E-state index is 0.293. The molecular formula is C11H12N2O. The van der Waals surface area contributed by atoms with Crippen LogP contribution in [0.3, 0.4) is 0 Å². The van der Waals surface area contributed by atoms with E-state index in [4.69, 9.17) is 5.73 Å². The molecule has 1 aromatic carbocycles. The standard InChI is InChI=1S/C11H12N2O/c1-13-5-4-9-3-2-8(6-10(9)13)7-11(12)14/h2-6H,7H2,1H3,(H2,12,14). The van der Waals surface area contributed by atoms with Crippen molar-refractivity contribution in [3.05, 3.63) is 36.0 Å². The third-order valence-corrected chi connectivity index (χ3v) is 2.33. The van der Waals surface area contributed by atoms with Crippen molar-refractivity contribution in [2.24, 2.45) is 12.8 Å². The molecule has 0 aliphatic heterocycles. The van der Waals surface area contributed by atoms with Crippen LogP contribution in [-0.2, 0) is 18.3 Å². The van der Waals surface area contributed by atoms with Crippen LogP contribution >= 0.6 is 0 Å². The Morgan fingerprint density at radius 3 is 2.93 bits per heavy atom. The Morgan fingerprint density at radius 2 is 2.21 bits per heavy atom. The molecule has 0 aliphatic rings. The number of nitrogens with zero attached hydrogens (tertiary/aromatic N) is 1. The number of carbonyl (C=O) groups excluding carboxylic acids is 1. The molecular weight excluding hydrogens is 176 g/mol. The molecule has 0 atom stereocenters. The first-order valence-corrected chi connectivity index (χ1v) is 4.49. The van der Waals surface area contributed by atoms with Gasteiger partial charge in [0.1, 0.15) is 0 Å². The highest BCUT2D eigenvalue weighted by atomic mass is 16.1. The number of benzene rings is 1. The predicted molar refractivity (Wildman–Crippen MR) is 55.8 cm³/mol. The summed E-state index contributed by atoms with van der Waals surface area (Å²) in [6.45, 7) is 0. The van der Waals surface area contributed by atoms with Crippen molar-refractivity contribution in [1.29, 1.82) is 0 Å². The Balaban J connectivity index is 2.49. The fraction of sp³-hybridized carbons (Fsp3) is 0.182. The van der Waals surface area contributed by atoms with Crippen molar-refractivity contribution in [2.75, 3.05) is 0 Å². The molecule has 72 valence electrons. The molecule has 14 heavy (non-hydrogen) atoms. The summed E-state index contributed by atoms with van der Waals surface area (Å²) in [5.41, 5.74) is 7.23. The van der Waals surface area contributed by atoms with Crippen LogP contribution in [0.1, 0.15) is 5.56 Å². The van der Waals surface area contributed by atoms with Gasteiger partial charge in [0.2, 0.25) is 5.91 Å². The minimum atomic E-state index is -0.293. The number of aromatic nitrogens is 1. The summed E-state index contributed by atoms with van der Waals surface area (Å²) in [6.07, 6.45) is 2.31. The van der Waals surface area contributed by atoms with Gasteiger partial charge in [0.05, 0.1) is 6.42 Å². The van der Waals surface area contributed by atoms with Crippen molar-refractivity contribution in [3.63, 3.8) is 0 Å². The van der Waals surface area contributed by atoms with E-state index in [1.165, 1.54) is 5.39 Å². The molecule has 3 heteroatoms. The second-order valence-corrected chi connectivity index (χ2v) is 3.46. The van der Waals surface area contributed by atoms with E-state index in [2.05, 4.69) is 0 Å². The highest BCUT2D eigenvalue weighted by Gasteiger charge is 2.01. The van der Waals surface area contributed by atoms with E-state index in [0.29, 0.717) is 6.42 Å². The van der Waals surface area contributed by atoms with E-state index < -0.39 is 0 Å². The summed E-state index contributed by atoms with van der Waals surface area (Å²) in [7, 11) is 1.98. The number of aryl methyl sites for hydroxylation is 1. The molecule has 0 unspecified atom stereocenters. The molecule has 3 nitrogen and oxygen atoms in total. The van der Waals surface area contributed by atoms with Crippen LogP contribution in [-0.4, -0.2) is 10.5 Å². The molecule has 1 heterocycles. The maximum absolute atomic E-state index is 10.7. The Kier molecular flexibility index (Phi) is 2.00. The molecule has 1 aromatic heterocycles. The van der Waals surface area contributed by atoms with E-state index in [1.807, 2.05) is 42.1 Å². The fourth-order valence-electron chi connectivity index (χ4n) is 1.62. The molecule has 2 aromatic rings. The van der Waals surface area contributed by atoms with Gasteiger partial charge in [0.25, 0.3) is 0 Å². The number of fused-ring (bicyclic) bond motifs is 1. The van der Waals surface area contributed by atoms with Crippen molar-refractivity contribution in [2.45, 2.75) is 6.42 Å². The van der Waals surface area contributed by atoms with E-state index in [1.54, 1.807) is 0 Å². The first-order chi connectivity index (χ1) is 6.66. The molecule has 2 N–H and O–H groups in total. The highest BCUT2D eigenvalue weighted by Crippen LogP contribution is 2.16. The number of hydrogen-bond acceptors (Lipinski definition) is 1. The lowest BCUT2D eigenvalue weighted by atomic mass is 10.1. The molecule has 0 fully saturated rings. The fourth-order valence-corrected chi connectivity index (χ4v) is 1.62. The number of primary amides is 1. The van der Waals surface area contributed by atoms with Gasteiger partial charge >= 0.3 is 0 Å². The molecule has 0 saturated carbocycles. The zero-order chi connectivity index (χ0) is 10.1. The van der Waals surface area contributed by atoms with Gasteiger partial charge < -0.3 is 10.3 Å². The van der Waals surface area contributed by atoms with Gasteiger partial charge in [0.15, 0.2) is 0 Å². The van der Waals surface area contributed by atoms with Gasteiger partial charge in [-0.2, -0.15) is 0 Å². The number of nitrogens with two attached hydrogens (primary N) is 1. The summed E-state index contributed by atoms with van der Waals surface area (Å²) in [5.74, 6) is -0.293. The Labute approximate surface area is 82.1 Å². The van der Waals surface area contributed by atoms with Crippen LogP contribution < -0.4 is 5.73 Å². The number of amides is 1. The first-order valence-electron chi connectivity index (χ1n) is 4.49. The van der Waals surface area contributed by atoms with E-state index >= 15 is 0 Å². The molecule has 0 spiro atoms. The molecule has 2 rings (SSSR count). The maximum Gasteiger partial charge on any atom is 0.221 e. The Bertz CT molecular complexity index is 485. The summed E-state index contributed by atoms with van der Waals surface area (Å²) < 4.78 is 2.03. The predicted octanol–water partition coefficient (Wildman–Crippen LogP) is 1.21. The third kappa shape index (κ3) is 1.48. The zero-order valence-corrected chi connectivity index (χ0v) is 8.03. The van der Waals surface area contributed by atoms with Gasteiger partial charge in [-0.25, -0.2) is 0 Å². The van der Waals surface area contributed by atoms with E-state index in [9.17, 15) is 4.79 Å². The number of hydrogen-bond donors (Lipinski definition) is 1. The normalized spacial score (nSPS) is 10.6. The average Bonchev–Trinajstić information content (AvgIpc) is 2.47. The summed E-state index contributed by atoms with van der Waals surface area (Å²) >= 11 is 0. The SMILES string of the molecule is Cn1ccc2ccc(CC(N)=O)cc21. The quantitative estimate of drug-likeness (QED) is 0.756. The average molecular weight is 188 g/mol. The summed E-state index contributed by atoms with van der Waals surface area (Å²) in [4.78, 5) is 10.7. The van der Waals surface area contributed by atoms with Crippen molar-refractivity contribution in [3.8, 4) is 0 Å². The second-order valence-electron chi connectivity index (χ2n) is 3.46. The van der Waals surface area contributed by atoms with Crippen LogP contribution in [0.25, 0.3) is 10.9 Å². The van der Waals surface area contributed by atoms with E-state index in [0.717, 1.165) is 11.1 Å². The van der Waals surface area contributed by atoms with Crippen LogP contribution in [0.2, 0.25) is 0 Å². The van der Waals surface area contributed by atoms with Gasteiger partial charge in [-0.05, 0) is 23.1 Å². The van der Waals surface area contributed by atoms with Gasteiger partial charge in [-0.15, -0.1) is 0 Å². The van der Waals surface area contributed by atoms with Crippen LogP contribution in [0.15, 0.2) is 30.5 Å². The van der Waals surface area contributed by atoms with Crippen LogP contribution in [0, 0.1) is 0 Å². The molecule has 0 aliphatic carbocycles. The van der Waals surface area contributed by atoms with Crippen LogP contribution in [0.5, 0.6) is 0 Å². The van der Waals surface area contributed by atoms with E-state index in [-0.39, 0.29) is 5.91 Å². The summed E-state index contributed by atoms with van der Waals surface area (Å²) in [5, 5.41) is 1.18. The second kappa shape index (κ2) is 3.18. The number of rotatable bonds is 2. The topological polar surface area (TPSA) is 48.0 Å². The zero-order valence-electron chi connectivity index (χ0n) is 8.03. The lowest BCUT2D eigenvalue weighted by molar-refractivity contribution is -0.117. The number of carbonyl (C=O) groups is 1. The maximum atomic E-state index is 10.7. The minimum Gasteiger partial charge on any atom is -0.369 e. The van der Waals surface area contributed by atoms with Gasteiger partial charge in [-0.3, -0.25) is 4.79 Å². The summed E-state index contributed by atoms with van der Waals surface area (Å²) in [6, 6.07) is 7.99. The van der Waals surface area contributed by atoms with Crippen LogP contribution in [0.4, 0.5) is 0 Å². The molecule has 1 amide bonds. The largest absolute Gasteiger partial charge is 0.369 e. The Hall–Kier alpha value is -1.77. The smallest absolute Gasteiger partial charge is 0.221 e. The van der Waals surface area contributed by atoms with Crippen molar-refractivity contribution in [1.82, 2.24) is 4.57 Å². The van der Waals surface area contributed by atoms with Gasteiger partial charge in [0, 0.05) is 18.8 Å². The highest BCUT2D eigenvalue weighted by molar-refractivity contribution is 5.83. The van der Waals surface area contributed by atoms with Gasteiger partial charge in [-0.1, -0.05) is 12.1 Å². The molecule has 0 bridgehead atoms. The molecule has 0 saturated heterocycles. The Morgan fingerprint density at radius 1 is 1.43 bits per heavy atom. The first kappa shape index (κ1) is 8.81. The lowest BCUT2D eigenvalue weighted by Crippen LogP contribution is -2.13.